The number of tetrazole rings is 1. The molecule has 0 fully saturated rings. The Balaban J connectivity index is 1.96. The average molecular weight is 439 g/mol. The van der Waals surface area contributed by atoms with Crippen molar-refractivity contribution in [3.8, 4) is 5.69 Å². The highest BCUT2D eigenvalue weighted by molar-refractivity contribution is 7.89. The highest BCUT2D eigenvalue weighted by Crippen LogP contribution is 2.25. The van der Waals surface area contributed by atoms with Crippen molar-refractivity contribution in [2.75, 3.05) is 19.4 Å². The van der Waals surface area contributed by atoms with Crippen molar-refractivity contribution < 1.29 is 17.6 Å². The molecule has 152 valence electrons. The van der Waals surface area contributed by atoms with Crippen molar-refractivity contribution in [3.63, 3.8) is 0 Å². The SMILES string of the molecule is Cc1nnnn1-c1ccc(F)c(NC(=O)c2cc(S(=O)(=O)N(C)C)ccc2Cl)c1. The first-order valence-corrected chi connectivity index (χ1v) is 10.0. The molecule has 0 bridgehead atoms. The summed E-state index contributed by atoms with van der Waals surface area (Å²) in [5.41, 5.74) is 0.177. The molecule has 0 aliphatic heterocycles. The third-order valence-corrected chi connectivity index (χ3v) is 6.17. The molecule has 0 unspecified atom stereocenters. The van der Waals surface area contributed by atoms with Crippen LogP contribution in [0.5, 0.6) is 0 Å². The minimum absolute atomic E-state index is 0.0214. The first-order chi connectivity index (χ1) is 13.6. The molecule has 0 saturated carbocycles. The van der Waals surface area contributed by atoms with Crippen LogP contribution in [0.3, 0.4) is 0 Å². The molecule has 0 radical (unpaired) electrons. The van der Waals surface area contributed by atoms with E-state index >= 15 is 0 Å². The van der Waals surface area contributed by atoms with Gasteiger partial charge in [0.25, 0.3) is 5.91 Å². The predicted octanol–water partition coefficient (Wildman–Crippen LogP) is 2.27. The Morgan fingerprint density at radius 1 is 1.21 bits per heavy atom. The summed E-state index contributed by atoms with van der Waals surface area (Å²) in [7, 11) is -1.04. The number of nitrogens with one attached hydrogen (secondary N) is 1. The quantitative estimate of drug-likeness (QED) is 0.654. The third-order valence-electron chi connectivity index (χ3n) is 4.03. The largest absolute Gasteiger partial charge is 0.319 e. The zero-order chi connectivity index (χ0) is 21.3. The summed E-state index contributed by atoms with van der Waals surface area (Å²) in [5, 5.41) is 13.5. The van der Waals surface area contributed by atoms with Crippen LogP contribution in [-0.4, -0.2) is 52.9 Å². The molecule has 0 aliphatic carbocycles. The summed E-state index contributed by atoms with van der Waals surface area (Å²) in [4.78, 5) is 12.6. The van der Waals surface area contributed by atoms with Gasteiger partial charge in [-0.15, -0.1) is 5.10 Å². The number of hydrogen-bond acceptors (Lipinski definition) is 6. The van der Waals surface area contributed by atoms with Crippen LogP contribution < -0.4 is 5.32 Å². The molecule has 1 N–H and O–H groups in total. The van der Waals surface area contributed by atoms with Crippen LogP contribution in [0.15, 0.2) is 41.3 Å². The van der Waals surface area contributed by atoms with Crippen LogP contribution in [0, 0.1) is 12.7 Å². The maximum atomic E-state index is 14.3. The molecular formula is C17H16ClFN6O3S. The predicted molar refractivity (Wildman–Crippen MR) is 104 cm³/mol. The average Bonchev–Trinajstić information content (AvgIpc) is 3.09. The fraction of sp³-hybridized carbons (Fsp3) is 0.176. The van der Waals surface area contributed by atoms with Gasteiger partial charge in [0.15, 0.2) is 5.82 Å². The molecule has 1 aromatic heterocycles. The van der Waals surface area contributed by atoms with Crippen molar-refractivity contribution in [1.82, 2.24) is 24.5 Å². The third kappa shape index (κ3) is 4.11. The number of amides is 1. The minimum Gasteiger partial charge on any atom is -0.319 e. The zero-order valence-electron chi connectivity index (χ0n) is 15.6. The molecule has 0 spiro atoms. The van der Waals surface area contributed by atoms with Crippen LogP contribution in [-0.2, 0) is 10.0 Å². The van der Waals surface area contributed by atoms with Crippen molar-refractivity contribution >= 4 is 33.2 Å². The Labute approximate surface area is 171 Å². The van der Waals surface area contributed by atoms with E-state index in [2.05, 4.69) is 20.8 Å². The highest BCUT2D eigenvalue weighted by atomic mass is 35.5. The lowest BCUT2D eigenvalue weighted by Gasteiger charge is -2.14. The van der Waals surface area contributed by atoms with Gasteiger partial charge in [0.05, 0.1) is 26.9 Å². The molecule has 2 aromatic carbocycles. The van der Waals surface area contributed by atoms with E-state index in [1.807, 2.05) is 0 Å². The van der Waals surface area contributed by atoms with Gasteiger partial charge in [0.1, 0.15) is 5.82 Å². The van der Waals surface area contributed by atoms with Gasteiger partial charge in [0.2, 0.25) is 10.0 Å². The molecule has 0 saturated heterocycles. The Bertz CT molecular complexity index is 1200. The second kappa shape index (κ2) is 7.85. The number of nitrogens with zero attached hydrogens (tertiary/aromatic N) is 5. The van der Waals surface area contributed by atoms with Gasteiger partial charge in [0, 0.05) is 14.1 Å². The lowest BCUT2D eigenvalue weighted by Crippen LogP contribution is -2.23. The van der Waals surface area contributed by atoms with Gasteiger partial charge in [-0.3, -0.25) is 4.79 Å². The van der Waals surface area contributed by atoms with Crippen LogP contribution in [0.4, 0.5) is 10.1 Å². The number of sulfonamides is 1. The zero-order valence-corrected chi connectivity index (χ0v) is 17.2. The first kappa shape index (κ1) is 20.8. The summed E-state index contributed by atoms with van der Waals surface area (Å²) in [6.45, 7) is 1.66. The van der Waals surface area contributed by atoms with E-state index in [-0.39, 0.29) is 21.2 Å². The van der Waals surface area contributed by atoms with E-state index in [0.717, 1.165) is 16.4 Å². The molecule has 3 aromatic rings. The summed E-state index contributed by atoms with van der Waals surface area (Å²) >= 11 is 6.07. The van der Waals surface area contributed by atoms with Crippen molar-refractivity contribution in [2.24, 2.45) is 0 Å². The lowest BCUT2D eigenvalue weighted by atomic mass is 10.2. The molecule has 1 heterocycles. The van der Waals surface area contributed by atoms with E-state index in [1.54, 1.807) is 6.92 Å². The van der Waals surface area contributed by atoms with Crippen LogP contribution in [0.2, 0.25) is 5.02 Å². The first-order valence-electron chi connectivity index (χ1n) is 8.19. The summed E-state index contributed by atoms with van der Waals surface area (Å²) in [6, 6.07) is 7.68. The van der Waals surface area contributed by atoms with Crippen molar-refractivity contribution in [2.45, 2.75) is 11.8 Å². The number of carbonyl (C=O) groups excluding carboxylic acids is 1. The maximum Gasteiger partial charge on any atom is 0.257 e. The Morgan fingerprint density at radius 3 is 2.55 bits per heavy atom. The number of rotatable bonds is 5. The number of benzene rings is 2. The second-order valence-electron chi connectivity index (χ2n) is 6.19. The van der Waals surface area contributed by atoms with Crippen molar-refractivity contribution in [3.05, 3.63) is 58.6 Å². The lowest BCUT2D eigenvalue weighted by molar-refractivity contribution is 0.102. The summed E-state index contributed by atoms with van der Waals surface area (Å²) < 4.78 is 41.2. The van der Waals surface area contributed by atoms with Crippen LogP contribution >= 0.6 is 11.6 Å². The number of aryl methyl sites for hydroxylation is 1. The molecule has 0 atom stereocenters. The fourth-order valence-corrected chi connectivity index (χ4v) is 3.58. The van der Waals surface area contributed by atoms with Crippen molar-refractivity contribution in [1.29, 1.82) is 0 Å². The molecule has 3 rings (SSSR count). The van der Waals surface area contributed by atoms with Crippen LogP contribution in [0.25, 0.3) is 5.69 Å². The minimum atomic E-state index is -3.78. The molecule has 29 heavy (non-hydrogen) atoms. The number of hydrogen-bond donors (Lipinski definition) is 1. The molecular weight excluding hydrogens is 423 g/mol. The van der Waals surface area contributed by atoms with Gasteiger partial charge < -0.3 is 5.32 Å². The Kier molecular flexibility index (Phi) is 5.64. The van der Waals surface area contributed by atoms with Gasteiger partial charge in [-0.05, 0) is 53.7 Å². The van der Waals surface area contributed by atoms with E-state index < -0.39 is 21.7 Å². The summed E-state index contributed by atoms with van der Waals surface area (Å²) in [6.07, 6.45) is 0. The molecule has 1 amide bonds. The summed E-state index contributed by atoms with van der Waals surface area (Å²) in [5.74, 6) is -0.991. The van der Waals surface area contributed by atoms with Gasteiger partial charge >= 0.3 is 0 Å². The van der Waals surface area contributed by atoms with E-state index in [9.17, 15) is 17.6 Å². The van der Waals surface area contributed by atoms with Gasteiger partial charge in [-0.1, -0.05) is 11.6 Å². The van der Waals surface area contributed by atoms with Gasteiger partial charge in [-0.2, -0.15) is 4.68 Å². The molecule has 9 nitrogen and oxygen atoms in total. The standard InChI is InChI=1S/C17H16ClFN6O3S/c1-10-21-22-23-25(10)11-4-7-15(19)16(8-11)20-17(26)13-9-12(5-6-14(13)18)29(27,28)24(2)3/h4-9H,1-3H3,(H,20,26). The van der Waals surface area contributed by atoms with Gasteiger partial charge in [-0.25, -0.2) is 17.1 Å². The normalized spacial score (nSPS) is 11.7. The fourth-order valence-electron chi connectivity index (χ4n) is 2.45. The van der Waals surface area contributed by atoms with E-state index in [1.165, 1.54) is 43.0 Å². The van der Waals surface area contributed by atoms with E-state index in [4.69, 9.17) is 11.6 Å². The number of aromatic nitrogens is 4. The second-order valence-corrected chi connectivity index (χ2v) is 8.74. The highest BCUT2D eigenvalue weighted by Gasteiger charge is 2.21. The Hall–Kier alpha value is -2.89. The molecule has 0 aliphatic rings. The maximum absolute atomic E-state index is 14.3. The number of halogens is 2. The topological polar surface area (TPSA) is 110 Å². The number of carbonyl (C=O) groups is 1. The Morgan fingerprint density at radius 2 is 1.93 bits per heavy atom. The smallest absolute Gasteiger partial charge is 0.257 e. The monoisotopic (exact) mass is 438 g/mol. The van der Waals surface area contributed by atoms with E-state index in [0.29, 0.717) is 11.5 Å². The van der Waals surface area contributed by atoms with Crippen LogP contribution in [0.1, 0.15) is 16.2 Å². The molecule has 12 heteroatoms. The number of anilines is 1.